The molecule has 2 radical (unpaired) electrons. The average molecular weight is 831 g/mol. The van der Waals surface area contributed by atoms with E-state index in [0.29, 0.717) is 0 Å². The molecule has 0 saturated heterocycles. The van der Waals surface area contributed by atoms with Gasteiger partial charge >= 0.3 is 37.9 Å². The molecule has 0 aliphatic rings. The first kappa shape index (κ1) is 38.0. The van der Waals surface area contributed by atoms with Crippen LogP contribution < -0.4 is 0 Å². The van der Waals surface area contributed by atoms with Gasteiger partial charge in [0.15, 0.2) is 0 Å². The molecule has 10 aromatic rings. The Labute approximate surface area is 339 Å². The molecular weight excluding hydrogens is 791 g/mol. The summed E-state index contributed by atoms with van der Waals surface area (Å²) in [5, 5.41) is 15.9. The standard InChI is InChI=1S/2C24H17.C2H6Si.2ClH.Zr/c2*1-16-13-17-8-6-12-22(23(17)14-16)24-15-18-7-2-3-9-19(18)20-10-4-5-11-21(20)24;1-3-2;;;/h2*2-15H,1H3;1-2H3;2*1H;/q2*-1;;;;+4/p-2. The molecule has 0 N–H and O–H groups in total. The Kier molecular flexibility index (Phi) is 12.3. The van der Waals surface area contributed by atoms with E-state index >= 15 is 0 Å². The topological polar surface area (TPSA) is 0 Å². The quantitative estimate of drug-likeness (QED) is 0.0925. The zero-order chi connectivity index (χ0) is 37.6. The maximum absolute atomic E-state index is 4.93. The summed E-state index contributed by atoms with van der Waals surface area (Å²) in [6, 6.07) is 61.9. The van der Waals surface area contributed by atoms with Crippen LogP contribution in [0.5, 0.6) is 0 Å². The third-order valence-corrected chi connectivity index (χ3v) is 9.91. The van der Waals surface area contributed by atoms with Gasteiger partial charge < -0.3 is 0 Å². The molecule has 0 amide bonds. The van der Waals surface area contributed by atoms with Crippen molar-refractivity contribution in [3.05, 3.63) is 181 Å². The van der Waals surface area contributed by atoms with E-state index in [2.05, 4.69) is 197 Å². The molecule has 0 aliphatic heterocycles. The van der Waals surface area contributed by atoms with Crippen LogP contribution in [0.3, 0.4) is 0 Å². The third-order valence-electron chi connectivity index (χ3n) is 9.91. The SMILES string of the molecule is C[Si]C.Cc1cc2c(-c3cc4ccccc4c4ccccc34)cccc2[cH-]1.Cc1cc2c(-c3cc4ccccc4c4ccccc34)cccc2[cH-]1.[Cl][Zr+2][Cl]. The van der Waals surface area contributed by atoms with Crippen molar-refractivity contribution in [1.82, 2.24) is 0 Å². The van der Waals surface area contributed by atoms with Crippen molar-refractivity contribution < 1.29 is 20.8 Å². The summed E-state index contributed by atoms with van der Waals surface area (Å²) in [4.78, 5) is 0. The first-order valence-corrected chi connectivity index (χ1v) is 26.5. The van der Waals surface area contributed by atoms with Crippen LogP contribution in [0.2, 0.25) is 13.1 Å². The number of fused-ring (bicyclic) bond motifs is 8. The van der Waals surface area contributed by atoms with Gasteiger partial charge in [-0.3, -0.25) is 0 Å². The number of benzene rings is 8. The summed E-state index contributed by atoms with van der Waals surface area (Å²) in [6.45, 7) is 8.64. The molecule has 0 saturated carbocycles. The molecule has 0 spiro atoms. The number of hydrogen-bond donors (Lipinski definition) is 0. The van der Waals surface area contributed by atoms with Crippen LogP contribution in [0.1, 0.15) is 11.1 Å². The van der Waals surface area contributed by atoms with Gasteiger partial charge in [0.05, 0.1) is 0 Å². The molecule has 0 unspecified atom stereocenters. The molecule has 10 aromatic carbocycles. The molecule has 0 bridgehead atoms. The maximum atomic E-state index is 4.93. The summed E-state index contributed by atoms with van der Waals surface area (Å²) in [6.07, 6.45) is 0. The van der Waals surface area contributed by atoms with Gasteiger partial charge in [-0.2, -0.15) is 12.1 Å². The first-order valence-electron chi connectivity index (χ1n) is 18.1. The Morgan fingerprint density at radius 3 is 1.11 bits per heavy atom. The van der Waals surface area contributed by atoms with Crippen LogP contribution >= 0.6 is 17.0 Å². The van der Waals surface area contributed by atoms with Gasteiger partial charge in [-0.1, -0.05) is 147 Å². The Morgan fingerprint density at radius 1 is 0.389 bits per heavy atom. The van der Waals surface area contributed by atoms with Gasteiger partial charge in [-0.25, -0.2) is 0 Å². The van der Waals surface area contributed by atoms with Crippen molar-refractivity contribution in [2.24, 2.45) is 0 Å². The van der Waals surface area contributed by atoms with Crippen molar-refractivity contribution in [3.63, 3.8) is 0 Å². The second kappa shape index (κ2) is 17.4. The van der Waals surface area contributed by atoms with Gasteiger partial charge in [0, 0.05) is 9.52 Å². The van der Waals surface area contributed by atoms with Crippen molar-refractivity contribution in [2.45, 2.75) is 26.9 Å². The minimum absolute atomic E-state index is 0.826. The monoisotopic (exact) mass is 828 g/mol. The van der Waals surface area contributed by atoms with Crippen LogP contribution in [-0.2, 0) is 20.8 Å². The first-order chi connectivity index (χ1) is 26.4. The van der Waals surface area contributed by atoms with Crippen LogP contribution in [0, 0.1) is 13.8 Å². The molecule has 4 heteroatoms. The van der Waals surface area contributed by atoms with Gasteiger partial charge in [0.25, 0.3) is 0 Å². The summed E-state index contributed by atoms with van der Waals surface area (Å²) in [7, 11) is 11.0. The van der Waals surface area contributed by atoms with Gasteiger partial charge in [0.2, 0.25) is 0 Å². The van der Waals surface area contributed by atoms with E-state index in [1.807, 2.05) is 0 Å². The van der Waals surface area contributed by atoms with Crippen LogP contribution in [0.4, 0.5) is 0 Å². The Balaban J connectivity index is 0.000000146. The number of aryl methyl sites for hydroxylation is 2. The Morgan fingerprint density at radius 2 is 0.722 bits per heavy atom. The third kappa shape index (κ3) is 7.77. The molecule has 54 heavy (non-hydrogen) atoms. The molecule has 0 aromatic heterocycles. The summed E-state index contributed by atoms with van der Waals surface area (Å²) in [5.74, 6) is 0. The van der Waals surface area contributed by atoms with E-state index < -0.39 is 20.8 Å². The molecule has 0 atom stereocenters. The molecular formula is C50H40Cl2SiZr. The average Bonchev–Trinajstić information content (AvgIpc) is 3.79. The van der Waals surface area contributed by atoms with Crippen LogP contribution in [-0.4, -0.2) is 9.52 Å². The summed E-state index contributed by atoms with van der Waals surface area (Å²) >= 11 is -0.826. The molecule has 0 aliphatic carbocycles. The van der Waals surface area contributed by atoms with E-state index in [-0.39, 0.29) is 0 Å². The second-order valence-corrected chi connectivity index (χ2v) is 18.4. The fourth-order valence-electron chi connectivity index (χ4n) is 7.79. The van der Waals surface area contributed by atoms with Crippen molar-refractivity contribution in [3.8, 4) is 22.3 Å². The Hall–Kier alpha value is -4.30. The summed E-state index contributed by atoms with van der Waals surface area (Å²) in [5.41, 5.74) is 7.93. The van der Waals surface area contributed by atoms with Gasteiger partial charge in [-0.05, 0) is 66.3 Å². The van der Waals surface area contributed by atoms with Crippen LogP contribution in [0.15, 0.2) is 170 Å². The number of halogens is 2. The van der Waals surface area contributed by atoms with E-state index in [4.69, 9.17) is 17.0 Å². The van der Waals surface area contributed by atoms with E-state index in [1.165, 1.54) is 98.0 Å². The fourth-order valence-corrected chi connectivity index (χ4v) is 7.79. The van der Waals surface area contributed by atoms with E-state index in [1.54, 1.807) is 0 Å². The molecule has 0 nitrogen and oxygen atoms in total. The minimum atomic E-state index is -0.826. The second-order valence-electron chi connectivity index (χ2n) is 13.6. The van der Waals surface area contributed by atoms with Crippen LogP contribution in [0.25, 0.3) is 86.9 Å². The zero-order valence-electron chi connectivity index (χ0n) is 30.9. The summed E-state index contributed by atoms with van der Waals surface area (Å²) < 4.78 is 0. The predicted molar refractivity (Wildman–Crippen MR) is 239 cm³/mol. The van der Waals surface area contributed by atoms with Crippen molar-refractivity contribution in [1.29, 1.82) is 0 Å². The van der Waals surface area contributed by atoms with Crippen molar-refractivity contribution in [2.75, 3.05) is 0 Å². The molecule has 0 heterocycles. The molecule has 0 fully saturated rings. The molecule has 262 valence electrons. The number of rotatable bonds is 2. The van der Waals surface area contributed by atoms with Gasteiger partial charge in [0.1, 0.15) is 0 Å². The fraction of sp³-hybridized carbons (Fsp3) is 0.0800. The van der Waals surface area contributed by atoms with Crippen molar-refractivity contribution >= 4 is 91.2 Å². The zero-order valence-corrected chi connectivity index (χ0v) is 35.9. The number of hydrogen-bond acceptors (Lipinski definition) is 0. The Bertz CT molecular complexity index is 2670. The molecule has 10 rings (SSSR count). The predicted octanol–water partition coefficient (Wildman–Crippen LogP) is 15.8. The van der Waals surface area contributed by atoms with E-state index in [9.17, 15) is 0 Å². The normalized spacial score (nSPS) is 10.8. The van der Waals surface area contributed by atoms with E-state index in [0.717, 1.165) is 9.52 Å². The van der Waals surface area contributed by atoms with Gasteiger partial charge in [-0.15, -0.1) is 69.1 Å².